The molecule has 118 valence electrons. The van der Waals surface area contributed by atoms with E-state index in [4.69, 9.17) is 0 Å². The van der Waals surface area contributed by atoms with Gasteiger partial charge in [-0.25, -0.2) is 9.37 Å². The van der Waals surface area contributed by atoms with Gasteiger partial charge in [0.25, 0.3) is 0 Å². The zero-order valence-electron chi connectivity index (χ0n) is 13.7. The van der Waals surface area contributed by atoms with Crippen molar-refractivity contribution < 1.29 is 4.39 Å². The molecular formula is C17H28FN3. The molecule has 0 aromatic carbocycles. The van der Waals surface area contributed by atoms with Gasteiger partial charge >= 0.3 is 0 Å². The Bertz CT molecular complexity index is 461. The Balaban J connectivity index is 2.21. The largest absolute Gasteiger partial charge is 0.351 e. The lowest BCUT2D eigenvalue weighted by atomic mass is 10.1. The lowest BCUT2D eigenvalue weighted by Crippen LogP contribution is -2.36. The third-order valence-corrected chi connectivity index (χ3v) is 4.28. The Labute approximate surface area is 127 Å². The van der Waals surface area contributed by atoms with Crippen LogP contribution in [0.2, 0.25) is 0 Å². The smallest absolute Gasteiger partial charge is 0.141 e. The van der Waals surface area contributed by atoms with Gasteiger partial charge in [0.15, 0.2) is 0 Å². The van der Waals surface area contributed by atoms with Crippen LogP contribution in [0.25, 0.3) is 0 Å². The zero-order chi connectivity index (χ0) is 15.4. The first-order valence-corrected chi connectivity index (χ1v) is 8.16. The van der Waals surface area contributed by atoms with E-state index >= 15 is 0 Å². The first-order valence-electron chi connectivity index (χ1n) is 8.16. The molecule has 0 spiro atoms. The molecule has 0 bridgehead atoms. The van der Waals surface area contributed by atoms with Gasteiger partial charge < -0.3 is 10.2 Å². The Morgan fingerprint density at radius 3 is 2.86 bits per heavy atom. The van der Waals surface area contributed by atoms with Gasteiger partial charge in [-0.15, -0.1) is 0 Å². The molecule has 1 fully saturated rings. The number of halogens is 1. The van der Waals surface area contributed by atoms with E-state index in [0.717, 1.165) is 24.3 Å². The van der Waals surface area contributed by atoms with Crippen molar-refractivity contribution in [3.8, 4) is 0 Å². The van der Waals surface area contributed by atoms with Crippen LogP contribution in [0, 0.1) is 11.7 Å². The number of anilines is 1. The molecule has 2 rings (SSSR count). The lowest BCUT2D eigenvalue weighted by Gasteiger charge is -2.31. The SMILES string of the molecule is CCC1CCC(C)N1c1ncc(F)cc1CNCC(C)C. The highest BCUT2D eigenvalue weighted by molar-refractivity contribution is 5.50. The monoisotopic (exact) mass is 293 g/mol. The Hall–Kier alpha value is -1.16. The van der Waals surface area contributed by atoms with Gasteiger partial charge in [0.1, 0.15) is 11.6 Å². The molecule has 2 atom stereocenters. The summed E-state index contributed by atoms with van der Waals surface area (Å²) in [5.74, 6) is 1.30. The molecule has 2 unspecified atom stereocenters. The minimum atomic E-state index is -0.250. The fourth-order valence-corrected chi connectivity index (χ4v) is 3.19. The van der Waals surface area contributed by atoms with Crippen molar-refractivity contribution in [3.63, 3.8) is 0 Å². The van der Waals surface area contributed by atoms with E-state index < -0.39 is 0 Å². The molecule has 1 saturated heterocycles. The summed E-state index contributed by atoms with van der Waals surface area (Å²) < 4.78 is 13.6. The molecular weight excluding hydrogens is 265 g/mol. The summed E-state index contributed by atoms with van der Waals surface area (Å²) in [6, 6.07) is 2.64. The predicted octanol–water partition coefficient (Wildman–Crippen LogP) is 3.73. The van der Waals surface area contributed by atoms with Crippen molar-refractivity contribution in [2.24, 2.45) is 5.92 Å². The van der Waals surface area contributed by atoms with E-state index in [0.29, 0.717) is 24.5 Å². The second kappa shape index (κ2) is 7.21. The van der Waals surface area contributed by atoms with E-state index in [1.54, 1.807) is 6.07 Å². The molecule has 0 radical (unpaired) electrons. The van der Waals surface area contributed by atoms with Crippen LogP contribution < -0.4 is 10.2 Å². The molecule has 0 amide bonds. The molecule has 1 N–H and O–H groups in total. The quantitative estimate of drug-likeness (QED) is 0.866. The van der Waals surface area contributed by atoms with Gasteiger partial charge in [0.2, 0.25) is 0 Å². The molecule has 3 nitrogen and oxygen atoms in total. The first-order chi connectivity index (χ1) is 10.0. The van der Waals surface area contributed by atoms with E-state index in [1.165, 1.54) is 19.0 Å². The number of nitrogens with one attached hydrogen (secondary N) is 1. The predicted molar refractivity (Wildman–Crippen MR) is 86.0 cm³/mol. The van der Waals surface area contributed by atoms with Crippen molar-refractivity contribution in [1.29, 1.82) is 0 Å². The van der Waals surface area contributed by atoms with Crippen LogP contribution in [-0.4, -0.2) is 23.6 Å². The van der Waals surface area contributed by atoms with Gasteiger partial charge in [-0.05, 0) is 44.7 Å². The van der Waals surface area contributed by atoms with Crippen LogP contribution >= 0.6 is 0 Å². The molecule has 4 heteroatoms. The van der Waals surface area contributed by atoms with Gasteiger partial charge in [-0.3, -0.25) is 0 Å². The first kappa shape index (κ1) is 16.2. The lowest BCUT2D eigenvalue weighted by molar-refractivity contribution is 0.544. The molecule has 1 aliphatic rings. The van der Waals surface area contributed by atoms with Gasteiger partial charge in [-0.2, -0.15) is 0 Å². The molecule has 2 heterocycles. The van der Waals surface area contributed by atoms with E-state index in [1.807, 2.05) is 0 Å². The summed E-state index contributed by atoms with van der Waals surface area (Å²) in [6.45, 7) is 10.4. The Kier molecular flexibility index (Phi) is 5.57. The normalized spacial score (nSPS) is 22.3. The maximum absolute atomic E-state index is 13.6. The third-order valence-electron chi connectivity index (χ3n) is 4.28. The van der Waals surface area contributed by atoms with Crippen molar-refractivity contribution in [2.75, 3.05) is 11.4 Å². The van der Waals surface area contributed by atoms with Crippen LogP contribution in [0.3, 0.4) is 0 Å². The van der Waals surface area contributed by atoms with Gasteiger partial charge in [-0.1, -0.05) is 20.8 Å². The summed E-state index contributed by atoms with van der Waals surface area (Å²) in [6.07, 6.45) is 4.85. The highest BCUT2D eigenvalue weighted by Gasteiger charge is 2.31. The Morgan fingerprint density at radius 2 is 2.19 bits per heavy atom. The fraction of sp³-hybridized carbons (Fsp3) is 0.706. The van der Waals surface area contributed by atoms with Crippen LogP contribution in [-0.2, 0) is 6.54 Å². The average Bonchev–Trinajstić information content (AvgIpc) is 2.80. The standard InChI is InChI=1S/C17H28FN3/c1-5-16-7-6-13(4)21(16)17-14(8-15(18)11-20-17)10-19-9-12(2)3/h8,11-13,16,19H,5-7,9-10H2,1-4H3. The van der Waals surface area contributed by atoms with Gasteiger partial charge in [0, 0.05) is 24.2 Å². The van der Waals surface area contributed by atoms with Crippen molar-refractivity contribution in [2.45, 2.75) is 65.6 Å². The molecule has 1 aliphatic heterocycles. The molecule has 0 saturated carbocycles. The highest BCUT2D eigenvalue weighted by Crippen LogP contribution is 2.32. The van der Waals surface area contributed by atoms with Crippen molar-refractivity contribution in [3.05, 3.63) is 23.6 Å². The summed E-state index contributed by atoms with van der Waals surface area (Å²) in [4.78, 5) is 6.81. The van der Waals surface area contributed by atoms with Crippen LogP contribution in [0.5, 0.6) is 0 Å². The number of hydrogen-bond donors (Lipinski definition) is 1. The summed E-state index contributed by atoms with van der Waals surface area (Å²) in [5, 5.41) is 3.41. The molecule has 21 heavy (non-hydrogen) atoms. The van der Waals surface area contributed by atoms with Gasteiger partial charge in [0.05, 0.1) is 6.20 Å². The van der Waals surface area contributed by atoms with Crippen LogP contribution in [0.1, 0.15) is 52.5 Å². The Morgan fingerprint density at radius 1 is 1.43 bits per heavy atom. The second-order valence-corrected chi connectivity index (χ2v) is 6.56. The van der Waals surface area contributed by atoms with E-state index in [2.05, 4.69) is 42.9 Å². The zero-order valence-corrected chi connectivity index (χ0v) is 13.7. The van der Waals surface area contributed by atoms with E-state index in [-0.39, 0.29) is 5.82 Å². The van der Waals surface area contributed by atoms with Crippen LogP contribution in [0.4, 0.5) is 10.2 Å². The van der Waals surface area contributed by atoms with Crippen LogP contribution in [0.15, 0.2) is 12.3 Å². The number of aromatic nitrogens is 1. The van der Waals surface area contributed by atoms with Crippen molar-refractivity contribution >= 4 is 5.82 Å². The maximum atomic E-state index is 13.6. The average molecular weight is 293 g/mol. The molecule has 1 aromatic rings. The topological polar surface area (TPSA) is 28.2 Å². The number of rotatable bonds is 6. The third kappa shape index (κ3) is 3.94. The fourth-order valence-electron chi connectivity index (χ4n) is 3.19. The number of hydrogen-bond acceptors (Lipinski definition) is 3. The minimum absolute atomic E-state index is 0.250. The van der Waals surface area contributed by atoms with E-state index in [9.17, 15) is 4.39 Å². The molecule has 0 aliphatic carbocycles. The second-order valence-electron chi connectivity index (χ2n) is 6.56. The summed E-state index contributed by atoms with van der Waals surface area (Å²) >= 11 is 0. The minimum Gasteiger partial charge on any atom is -0.351 e. The maximum Gasteiger partial charge on any atom is 0.141 e. The number of pyridine rings is 1. The van der Waals surface area contributed by atoms with Crippen molar-refractivity contribution in [1.82, 2.24) is 10.3 Å². The summed E-state index contributed by atoms with van der Waals surface area (Å²) in [7, 11) is 0. The summed E-state index contributed by atoms with van der Waals surface area (Å²) in [5.41, 5.74) is 0.975. The number of nitrogens with zero attached hydrogens (tertiary/aromatic N) is 2. The molecule has 1 aromatic heterocycles. The highest BCUT2D eigenvalue weighted by atomic mass is 19.1.